The van der Waals surface area contributed by atoms with Gasteiger partial charge < -0.3 is 21.3 Å². The van der Waals surface area contributed by atoms with Gasteiger partial charge in [-0.15, -0.1) is 0 Å². The van der Waals surface area contributed by atoms with Gasteiger partial charge in [-0.05, 0) is 24.3 Å². The number of benzene rings is 2. The van der Waals surface area contributed by atoms with E-state index in [-0.39, 0.29) is 11.3 Å². The number of hydrogen-bond donors (Lipinski definition) is 4. The highest BCUT2D eigenvalue weighted by Crippen LogP contribution is 2.29. The Balaban J connectivity index is 2.28. The van der Waals surface area contributed by atoms with Crippen LogP contribution < -0.4 is 11.1 Å². The first kappa shape index (κ1) is 11.8. The van der Waals surface area contributed by atoms with E-state index in [1.807, 2.05) is 0 Å². The Hall–Kier alpha value is -2.69. The highest BCUT2D eigenvalue weighted by molar-refractivity contribution is 6.07. The number of nitrogen functional groups attached to an aromatic ring is 1. The van der Waals surface area contributed by atoms with E-state index in [1.54, 1.807) is 24.3 Å². The van der Waals surface area contributed by atoms with Crippen LogP contribution >= 0.6 is 0 Å². The number of hydrogen-bond acceptors (Lipinski definition) is 4. The SMILES string of the molecule is Nc1ccccc1NC(=O)c1cccc(O)c1O. The third-order valence-electron chi connectivity index (χ3n) is 2.47. The smallest absolute Gasteiger partial charge is 0.259 e. The van der Waals surface area contributed by atoms with E-state index < -0.39 is 11.7 Å². The first-order valence-electron chi connectivity index (χ1n) is 5.26. The zero-order valence-electron chi connectivity index (χ0n) is 9.42. The van der Waals surface area contributed by atoms with Gasteiger partial charge in [0.2, 0.25) is 0 Å². The summed E-state index contributed by atoms with van der Waals surface area (Å²) in [6.07, 6.45) is 0. The fraction of sp³-hybridized carbons (Fsp3) is 0. The summed E-state index contributed by atoms with van der Waals surface area (Å²) in [5.41, 5.74) is 6.54. The number of nitrogens with two attached hydrogens (primary N) is 1. The fourth-order valence-electron chi connectivity index (χ4n) is 1.52. The van der Waals surface area contributed by atoms with Crippen LogP contribution in [0.1, 0.15) is 10.4 Å². The van der Waals surface area contributed by atoms with E-state index in [2.05, 4.69) is 5.32 Å². The summed E-state index contributed by atoms with van der Waals surface area (Å²) in [4.78, 5) is 11.9. The predicted molar refractivity (Wildman–Crippen MR) is 68.6 cm³/mol. The third kappa shape index (κ3) is 2.20. The molecule has 0 aliphatic carbocycles. The number of anilines is 2. The molecule has 92 valence electrons. The highest BCUT2D eigenvalue weighted by Gasteiger charge is 2.14. The lowest BCUT2D eigenvalue weighted by Gasteiger charge is -2.09. The summed E-state index contributed by atoms with van der Waals surface area (Å²) in [6.45, 7) is 0. The minimum absolute atomic E-state index is 0.0155. The van der Waals surface area contributed by atoms with Crippen molar-refractivity contribution < 1.29 is 15.0 Å². The van der Waals surface area contributed by atoms with E-state index in [4.69, 9.17) is 5.73 Å². The lowest BCUT2D eigenvalue weighted by Crippen LogP contribution is -2.13. The summed E-state index contributed by atoms with van der Waals surface area (Å²) >= 11 is 0. The maximum atomic E-state index is 11.9. The second-order valence-corrected chi connectivity index (χ2v) is 3.71. The van der Waals surface area contributed by atoms with Crippen LogP contribution in [0.2, 0.25) is 0 Å². The van der Waals surface area contributed by atoms with Crippen molar-refractivity contribution >= 4 is 17.3 Å². The van der Waals surface area contributed by atoms with Crippen LogP contribution in [0.5, 0.6) is 11.5 Å². The van der Waals surface area contributed by atoms with Crippen molar-refractivity contribution in [3.63, 3.8) is 0 Å². The van der Waals surface area contributed by atoms with E-state index >= 15 is 0 Å². The molecule has 0 aliphatic rings. The van der Waals surface area contributed by atoms with Crippen LogP contribution in [0.3, 0.4) is 0 Å². The van der Waals surface area contributed by atoms with Crippen LogP contribution in [0.25, 0.3) is 0 Å². The first-order valence-corrected chi connectivity index (χ1v) is 5.26. The minimum Gasteiger partial charge on any atom is -0.504 e. The summed E-state index contributed by atoms with van der Waals surface area (Å²) in [5.74, 6) is -1.34. The Morgan fingerprint density at radius 2 is 1.78 bits per heavy atom. The Morgan fingerprint density at radius 3 is 2.50 bits per heavy atom. The van der Waals surface area contributed by atoms with Gasteiger partial charge in [0.15, 0.2) is 11.5 Å². The van der Waals surface area contributed by atoms with E-state index in [0.717, 1.165) is 0 Å². The molecule has 1 amide bonds. The third-order valence-corrected chi connectivity index (χ3v) is 2.47. The monoisotopic (exact) mass is 244 g/mol. The predicted octanol–water partition coefficient (Wildman–Crippen LogP) is 1.93. The number of para-hydroxylation sites is 3. The number of amides is 1. The number of rotatable bonds is 2. The molecule has 0 radical (unpaired) electrons. The Kier molecular flexibility index (Phi) is 3.05. The molecule has 2 rings (SSSR count). The molecule has 5 heteroatoms. The molecule has 2 aromatic carbocycles. The summed E-state index contributed by atoms with van der Waals surface area (Å²) < 4.78 is 0. The fourth-order valence-corrected chi connectivity index (χ4v) is 1.52. The molecule has 18 heavy (non-hydrogen) atoms. The lowest BCUT2D eigenvalue weighted by molar-refractivity contribution is 0.102. The quantitative estimate of drug-likeness (QED) is 0.479. The molecular formula is C13H12N2O3. The van der Waals surface area contributed by atoms with Crippen LogP contribution in [-0.2, 0) is 0 Å². The minimum atomic E-state index is -0.540. The molecule has 0 bridgehead atoms. The van der Waals surface area contributed by atoms with Crippen LogP contribution in [0, 0.1) is 0 Å². The molecule has 0 atom stereocenters. The molecule has 0 heterocycles. The topological polar surface area (TPSA) is 95.6 Å². The lowest BCUT2D eigenvalue weighted by atomic mass is 10.1. The zero-order chi connectivity index (χ0) is 13.1. The molecule has 0 fully saturated rings. The van der Waals surface area contributed by atoms with Gasteiger partial charge in [-0.1, -0.05) is 18.2 Å². The van der Waals surface area contributed by atoms with Gasteiger partial charge in [0, 0.05) is 0 Å². The second kappa shape index (κ2) is 4.67. The van der Waals surface area contributed by atoms with Crippen LogP contribution in [0.15, 0.2) is 42.5 Å². The van der Waals surface area contributed by atoms with Crippen molar-refractivity contribution in [1.82, 2.24) is 0 Å². The average Bonchev–Trinajstić information content (AvgIpc) is 2.35. The summed E-state index contributed by atoms with van der Waals surface area (Å²) in [6, 6.07) is 10.9. The number of aromatic hydroxyl groups is 2. The number of phenols is 2. The largest absolute Gasteiger partial charge is 0.504 e. The molecule has 2 aromatic rings. The van der Waals surface area contributed by atoms with Crippen molar-refractivity contribution in [3.05, 3.63) is 48.0 Å². The maximum Gasteiger partial charge on any atom is 0.259 e. The van der Waals surface area contributed by atoms with E-state index in [9.17, 15) is 15.0 Å². The number of phenolic OH excluding ortho intramolecular Hbond substituents is 2. The van der Waals surface area contributed by atoms with E-state index in [1.165, 1.54) is 18.2 Å². The molecule has 5 nitrogen and oxygen atoms in total. The molecular weight excluding hydrogens is 232 g/mol. The molecule has 0 unspecified atom stereocenters. The molecule has 0 saturated heterocycles. The molecule has 0 aromatic heterocycles. The summed E-state index contributed by atoms with van der Waals surface area (Å²) in [5, 5.41) is 21.4. The van der Waals surface area contributed by atoms with Gasteiger partial charge in [0.1, 0.15) is 0 Å². The second-order valence-electron chi connectivity index (χ2n) is 3.71. The van der Waals surface area contributed by atoms with Gasteiger partial charge in [0.25, 0.3) is 5.91 Å². The van der Waals surface area contributed by atoms with Crippen molar-refractivity contribution in [3.8, 4) is 11.5 Å². The average molecular weight is 244 g/mol. The highest BCUT2D eigenvalue weighted by atomic mass is 16.3. The standard InChI is InChI=1S/C13H12N2O3/c14-9-5-1-2-6-10(9)15-13(18)8-4-3-7-11(16)12(8)17/h1-7,16-17H,14H2,(H,15,18). The van der Waals surface area contributed by atoms with Gasteiger partial charge in [-0.2, -0.15) is 0 Å². The number of carbonyl (C=O) groups excluding carboxylic acids is 1. The Labute approximate surface area is 103 Å². The number of carbonyl (C=O) groups is 1. The molecule has 0 saturated carbocycles. The van der Waals surface area contributed by atoms with Crippen LogP contribution in [0.4, 0.5) is 11.4 Å². The van der Waals surface area contributed by atoms with Crippen LogP contribution in [-0.4, -0.2) is 16.1 Å². The van der Waals surface area contributed by atoms with Crippen molar-refractivity contribution in [2.24, 2.45) is 0 Å². The van der Waals surface area contributed by atoms with E-state index in [0.29, 0.717) is 11.4 Å². The van der Waals surface area contributed by atoms with Gasteiger partial charge in [0.05, 0.1) is 16.9 Å². The zero-order valence-corrected chi connectivity index (χ0v) is 9.42. The number of nitrogens with one attached hydrogen (secondary N) is 1. The maximum absolute atomic E-state index is 11.9. The molecule has 5 N–H and O–H groups in total. The molecule has 0 aliphatic heterocycles. The summed E-state index contributed by atoms with van der Waals surface area (Å²) in [7, 11) is 0. The van der Waals surface area contributed by atoms with Gasteiger partial charge >= 0.3 is 0 Å². The van der Waals surface area contributed by atoms with Crippen molar-refractivity contribution in [1.29, 1.82) is 0 Å². The van der Waals surface area contributed by atoms with Gasteiger partial charge in [-0.25, -0.2) is 0 Å². The van der Waals surface area contributed by atoms with Gasteiger partial charge in [-0.3, -0.25) is 4.79 Å². The Bertz CT molecular complexity index is 597. The van der Waals surface area contributed by atoms with Crippen molar-refractivity contribution in [2.75, 3.05) is 11.1 Å². The van der Waals surface area contributed by atoms with Crippen molar-refractivity contribution in [2.45, 2.75) is 0 Å². The Morgan fingerprint density at radius 1 is 1.06 bits per heavy atom. The first-order chi connectivity index (χ1) is 8.59. The normalized spacial score (nSPS) is 10.0. The molecule has 0 spiro atoms.